The molecule has 0 bridgehead atoms. The molecular weight excluding hydrogens is 134 g/mol. The molecule has 2 rings (SSSR count). The summed E-state index contributed by atoms with van der Waals surface area (Å²) in [5.74, 6) is 2.21. The third-order valence-corrected chi connectivity index (χ3v) is 4.29. The summed E-state index contributed by atoms with van der Waals surface area (Å²) in [4.78, 5) is 0. The van der Waals surface area contributed by atoms with Crippen molar-refractivity contribution in [2.75, 3.05) is 0 Å². The lowest BCUT2D eigenvalue weighted by Gasteiger charge is -2.66. The summed E-state index contributed by atoms with van der Waals surface area (Å²) in [5, 5.41) is 0. The normalized spacial score (nSPS) is 54.8. The summed E-state index contributed by atoms with van der Waals surface area (Å²) >= 11 is 0. The minimum absolute atomic E-state index is 0.101. The number of fused-ring (bicyclic) bond motifs is 1. The summed E-state index contributed by atoms with van der Waals surface area (Å²) < 4.78 is 0. The predicted molar refractivity (Wildman–Crippen MR) is 47.1 cm³/mol. The van der Waals surface area contributed by atoms with Crippen LogP contribution in [0.15, 0.2) is 11.1 Å². The molecule has 0 aliphatic heterocycles. The number of nitrogens with two attached hydrogens (primary N) is 1. The van der Waals surface area contributed by atoms with E-state index in [1.54, 1.807) is 5.57 Å². The average molecular weight is 151 g/mol. The molecule has 1 fully saturated rings. The van der Waals surface area contributed by atoms with Gasteiger partial charge in [0.1, 0.15) is 0 Å². The standard InChI is InChI=1S/C10H17N/c1-5-7(3)10(11)8(4)6(2)9(5)10/h5,7,9H,11H2,1-4H3. The van der Waals surface area contributed by atoms with Gasteiger partial charge in [0.15, 0.2) is 0 Å². The quantitative estimate of drug-likeness (QED) is 0.526. The monoisotopic (exact) mass is 151 g/mol. The zero-order valence-corrected chi connectivity index (χ0v) is 7.81. The van der Waals surface area contributed by atoms with Crippen LogP contribution in [-0.4, -0.2) is 5.54 Å². The van der Waals surface area contributed by atoms with E-state index in [-0.39, 0.29) is 5.54 Å². The minimum Gasteiger partial charge on any atom is -0.321 e. The molecule has 0 aromatic rings. The van der Waals surface area contributed by atoms with Gasteiger partial charge in [-0.25, -0.2) is 0 Å². The Bertz CT molecular complexity index is 241. The molecule has 62 valence electrons. The van der Waals surface area contributed by atoms with Crippen molar-refractivity contribution in [2.45, 2.75) is 33.2 Å². The first-order valence-corrected chi connectivity index (χ1v) is 4.48. The fourth-order valence-electron chi connectivity index (χ4n) is 3.15. The summed E-state index contributed by atoms with van der Waals surface area (Å²) in [6.07, 6.45) is 0. The zero-order valence-electron chi connectivity index (χ0n) is 7.81. The number of hydrogen-bond donors (Lipinski definition) is 1. The van der Waals surface area contributed by atoms with Crippen molar-refractivity contribution < 1.29 is 0 Å². The second-order valence-electron chi connectivity index (χ2n) is 4.37. The van der Waals surface area contributed by atoms with Crippen LogP contribution in [0.25, 0.3) is 0 Å². The lowest BCUT2D eigenvalue weighted by atomic mass is 9.41. The van der Waals surface area contributed by atoms with Gasteiger partial charge in [0.2, 0.25) is 0 Å². The molecule has 0 amide bonds. The first-order valence-electron chi connectivity index (χ1n) is 4.48. The van der Waals surface area contributed by atoms with Crippen LogP contribution >= 0.6 is 0 Å². The maximum atomic E-state index is 6.26. The molecule has 0 heterocycles. The molecule has 11 heavy (non-hydrogen) atoms. The minimum atomic E-state index is 0.101. The van der Waals surface area contributed by atoms with E-state index in [0.717, 1.165) is 5.92 Å². The summed E-state index contributed by atoms with van der Waals surface area (Å²) in [6.45, 7) is 9.01. The Labute approximate surface area is 68.7 Å². The molecule has 2 aliphatic carbocycles. The maximum Gasteiger partial charge on any atom is 0.0466 e. The van der Waals surface area contributed by atoms with Gasteiger partial charge in [-0.05, 0) is 25.7 Å². The highest BCUT2D eigenvalue weighted by atomic mass is 14.9. The van der Waals surface area contributed by atoms with Crippen molar-refractivity contribution in [1.82, 2.24) is 0 Å². The lowest BCUT2D eigenvalue weighted by Crippen LogP contribution is -2.72. The highest BCUT2D eigenvalue weighted by Crippen LogP contribution is 2.62. The molecule has 0 radical (unpaired) electrons. The Morgan fingerprint density at radius 3 is 2.27 bits per heavy atom. The van der Waals surface area contributed by atoms with E-state index in [1.165, 1.54) is 5.57 Å². The molecule has 4 unspecified atom stereocenters. The lowest BCUT2D eigenvalue weighted by molar-refractivity contribution is -0.00850. The van der Waals surface area contributed by atoms with Gasteiger partial charge in [-0.1, -0.05) is 25.0 Å². The van der Waals surface area contributed by atoms with E-state index in [4.69, 9.17) is 5.73 Å². The molecule has 0 spiro atoms. The summed E-state index contributed by atoms with van der Waals surface area (Å²) in [7, 11) is 0. The first kappa shape index (κ1) is 7.35. The maximum absolute atomic E-state index is 6.26. The van der Waals surface area contributed by atoms with Crippen LogP contribution in [-0.2, 0) is 0 Å². The third kappa shape index (κ3) is 0.506. The van der Waals surface area contributed by atoms with Crippen molar-refractivity contribution in [2.24, 2.45) is 23.5 Å². The predicted octanol–water partition coefficient (Wildman–Crippen LogP) is 1.94. The second-order valence-corrected chi connectivity index (χ2v) is 4.37. The Hall–Kier alpha value is -0.300. The molecule has 2 N–H and O–H groups in total. The SMILES string of the molecule is CC1=C(C)C2(N)C(C)C(C)C12. The molecule has 0 aromatic carbocycles. The molecule has 0 aromatic heterocycles. The van der Waals surface area contributed by atoms with Crippen LogP contribution in [0.1, 0.15) is 27.7 Å². The molecule has 1 saturated carbocycles. The van der Waals surface area contributed by atoms with Crippen molar-refractivity contribution in [3.8, 4) is 0 Å². The first-order chi connectivity index (χ1) is 5.01. The molecule has 1 heteroatoms. The van der Waals surface area contributed by atoms with E-state index in [0.29, 0.717) is 11.8 Å². The smallest absolute Gasteiger partial charge is 0.0466 e. The highest BCUT2D eigenvalue weighted by molar-refractivity contribution is 5.47. The van der Waals surface area contributed by atoms with E-state index < -0.39 is 0 Å². The van der Waals surface area contributed by atoms with Crippen LogP contribution in [0.3, 0.4) is 0 Å². The topological polar surface area (TPSA) is 26.0 Å². The summed E-state index contributed by atoms with van der Waals surface area (Å²) in [5.41, 5.74) is 9.37. The van der Waals surface area contributed by atoms with Gasteiger partial charge in [-0.15, -0.1) is 0 Å². The number of rotatable bonds is 0. The Kier molecular flexibility index (Phi) is 1.15. The van der Waals surface area contributed by atoms with Gasteiger partial charge in [0, 0.05) is 11.5 Å². The van der Waals surface area contributed by atoms with Crippen molar-refractivity contribution in [3.63, 3.8) is 0 Å². The van der Waals surface area contributed by atoms with Crippen molar-refractivity contribution >= 4 is 0 Å². The average Bonchev–Trinajstić information content (AvgIpc) is 2.02. The van der Waals surface area contributed by atoms with Gasteiger partial charge in [0.05, 0.1) is 0 Å². The Morgan fingerprint density at radius 2 is 1.82 bits per heavy atom. The Balaban J connectivity index is 2.37. The van der Waals surface area contributed by atoms with E-state index >= 15 is 0 Å². The summed E-state index contributed by atoms with van der Waals surface area (Å²) in [6, 6.07) is 0. The fourth-order valence-corrected chi connectivity index (χ4v) is 3.15. The van der Waals surface area contributed by atoms with Crippen LogP contribution < -0.4 is 5.73 Å². The van der Waals surface area contributed by atoms with Gasteiger partial charge in [-0.3, -0.25) is 0 Å². The van der Waals surface area contributed by atoms with Gasteiger partial charge in [0.25, 0.3) is 0 Å². The van der Waals surface area contributed by atoms with Gasteiger partial charge >= 0.3 is 0 Å². The second kappa shape index (κ2) is 1.71. The highest BCUT2D eigenvalue weighted by Gasteiger charge is 2.63. The fraction of sp³-hybridized carbons (Fsp3) is 0.800. The van der Waals surface area contributed by atoms with E-state index in [2.05, 4.69) is 27.7 Å². The van der Waals surface area contributed by atoms with Crippen LogP contribution in [0.2, 0.25) is 0 Å². The van der Waals surface area contributed by atoms with Crippen LogP contribution in [0.5, 0.6) is 0 Å². The van der Waals surface area contributed by atoms with Crippen LogP contribution in [0, 0.1) is 17.8 Å². The Morgan fingerprint density at radius 1 is 1.27 bits per heavy atom. The molecule has 4 atom stereocenters. The van der Waals surface area contributed by atoms with Crippen molar-refractivity contribution in [3.05, 3.63) is 11.1 Å². The van der Waals surface area contributed by atoms with E-state index in [9.17, 15) is 0 Å². The number of hydrogen-bond acceptors (Lipinski definition) is 1. The largest absolute Gasteiger partial charge is 0.321 e. The van der Waals surface area contributed by atoms with Gasteiger partial charge < -0.3 is 5.73 Å². The van der Waals surface area contributed by atoms with Gasteiger partial charge in [-0.2, -0.15) is 0 Å². The molecule has 2 aliphatic rings. The van der Waals surface area contributed by atoms with Crippen molar-refractivity contribution in [1.29, 1.82) is 0 Å². The third-order valence-electron chi connectivity index (χ3n) is 4.29. The van der Waals surface area contributed by atoms with Crippen LogP contribution in [0.4, 0.5) is 0 Å². The molecular formula is C10H17N. The van der Waals surface area contributed by atoms with E-state index in [1.807, 2.05) is 0 Å². The molecule has 0 saturated heterocycles. The zero-order chi connectivity index (χ0) is 8.39. The molecule has 1 nitrogen and oxygen atoms in total.